The van der Waals surface area contributed by atoms with Gasteiger partial charge in [-0.2, -0.15) is 0 Å². The molecule has 7 heteroatoms. The first-order valence-corrected chi connectivity index (χ1v) is 7.88. The fraction of sp³-hybridized carbons (Fsp3) is 0.222. The molecule has 2 aromatic rings. The summed E-state index contributed by atoms with van der Waals surface area (Å²) >= 11 is 5.98. The second-order valence-electron chi connectivity index (χ2n) is 5.56. The third kappa shape index (κ3) is 4.78. The van der Waals surface area contributed by atoms with Crippen LogP contribution in [0.5, 0.6) is 0 Å². The van der Waals surface area contributed by atoms with Gasteiger partial charge < -0.3 is 15.4 Å². The normalized spacial score (nSPS) is 13.0. The van der Waals surface area contributed by atoms with Gasteiger partial charge in [0.05, 0.1) is 12.2 Å². The Hall–Kier alpha value is -2.44. The van der Waals surface area contributed by atoms with E-state index >= 15 is 0 Å². The molecule has 0 aliphatic carbocycles. The van der Waals surface area contributed by atoms with Gasteiger partial charge in [0.15, 0.2) is 0 Å². The molecule has 0 aromatic heterocycles. The van der Waals surface area contributed by atoms with Crippen LogP contribution in [-0.4, -0.2) is 25.5 Å². The van der Waals surface area contributed by atoms with E-state index in [0.717, 1.165) is 5.56 Å². The number of carbonyl (C=O) groups excluding carboxylic acids is 2. The molecule has 2 amide bonds. The van der Waals surface area contributed by atoms with Gasteiger partial charge in [-0.15, -0.1) is 0 Å². The van der Waals surface area contributed by atoms with Crippen molar-refractivity contribution in [3.63, 3.8) is 0 Å². The van der Waals surface area contributed by atoms with Crippen LogP contribution in [0.15, 0.2) is 48.5 Å². The van der Waals surface area contributed by atoms with Crippen molar-refractivity contribution in [2.75, 3.05) is 19.0 Å². The number of para-hydroxylation sites is 1. The minimum absolute atomic E-state index is 0.0351. The number of methoxy groups -OCH3 is 1. The smallest absolute Gasteiger partial charge is 0.313 e. The number of nitrogens with one attached hydrogen (secondary N) is 2. The third-order valence-electron chi connectivity index (χ3n) is 3.80. The van der Waals surface area contributed by atoms with E-state index in [1.54, 1.807) is 37.3 Å². The molecule has 25 heavy (non-hydrogen) atoms. The maximum Gasteiger partial charge on any atom is 0.313 e. The lowest BCUT2D eigenvalue weighted by molar-refractivity contribution is -0.137. The molecule has 0 aliphatic heterocycles. The molecule has 0 spiro atoms. The number of halogens is 2. The number of hydrogen-bond donors (Lipinski definition) is 2. The van der Waals surface area contributed by atoms with E-state index in [9.17, 15) is 14.0 Å². The van der Waals surface area contributed by atoms with Crippen LogP contribution >= 0.6 is 11.6 Å². The van der Waals surface area contributed by atoms with E-state index in [1.807, 2.05) is 0 Å². The standard InChI is InChI=1S/C18H18ClFN2O3/c1-18(25-2,12-6-5-7-13(19)10-12)11-21-16(23)17(24)22-15-9-4-3-8-14(15)20/h3-10H,11H2,1-2H3,(H,21,23)(H,22,24). The molecule has 5 nitrogen and oxygen atoms in total. The monoisotopic (exact) mass is 364 g/mol. The molecule has 1 unspecified atom stereocenters. The molecular weight excluding hydrogens is 347 g/mol. The Kier molecular flexibility index (Phi) is 6.12. The van der Waals surface area contributed by atoms with E-state index in [0.29, 0.717) is 5.02 Å². The van der Waals surface area contributed by atoms with Crippen molar-refractivity contribution < 1.29 is 18.7 Å². The predicted octanol–water partition coefficient (Wildman–Crippen LogP) is 3.10. The Morgan fingerprint density at radius 3 is 2.52 bits per heavy atom. The van der Waals surface area contributed by atoms with Crippen LogP contribution < -0.4 is 10.6 Å². The minimum atomic E-state index is -0.963. The van der Waals surface area contributed by atoms with Gasteiger partial charge in [-0.1, -0.05) is 35.9 Å². The number of hydrogen-bond acceptors (Lipinski definition) is 3. The molecular formula is C18H18ClFN2O3. The Labute approximate surface area is 150 Å². The van der Waals surface area contributed by atoms with Crippen molar-refractivity contribution in [2.24, 2.45) is 0 Å². The lowest BCUT2D eigenvalue weighted by Crippen LogP contribution is -2.44. The van der Waals surface area contributed by atoms with Crippen LogP contribution in [0.1, 0.15) is 12.5 Å². The molecule has 2 rings (SSSR count). The Morgan fingerprint density at radius 1 is 1.16 bits per heavy atom. The number of carbonyl (C=O) groups is 2. The van der Waals surface area contributed by atoms with Gasteiger partial charge in [-0.25, -0.2) is 4.39 Å². The highest BCUT2D eigenvalue weighted by molar-refractivity contribution is 6.39. The first-order chi connectivity index (χ1) is 11.9. The fourth-order valence-corrected chi connectivity index (χ4v) is 2.37. The van der Waals surface area contributed by atoms with Gasteiger partial charge in [0.25, 0.3) is 0 Å². The molecule has 0 heterocycles. The van der Waals surface area contributed by atoms with E-state index in [1.165, 1.54) is 25.3 Å². The molecule has 0 saturated carbocycles. The van der Waals surface area contributed by atoms with Crippen LogP contribution in [0.3, 0.4) is 0 Å². The topological polar surface area (TPSA) is 67.4 Å². The van der Waals surface area contributed by atoms with Crippen molar-refractivity contribution in [3.8, 4) is 0 Å². The summed E-state index contributed by atoms with van der Waals surface area (Å²) in [5.41, 5.74) is -0.192. The third-order valence-corrected chi connectivity index (χ3v) is 4.04. The summed E-state index contributed by atoms with van der Waals surface area (Å²) in [6, 6.07) is 12.6. The van der Waals surface area contributed by atoms with Crippen molar-refractivity contribution in [1.29, 1.82) is 0 Å². The van der Waals surface area contributed by atoms with Gasteiger partial charge in [0, 0.05) is 12.1 Å². The number of ether oxygens (including phenoxy) is 1. The van der Waals surface area contributed by atoms with Gasteiger partial charge in [-0.05, 0) is 36.8 Å². The summed E-state index contributed by atoms with van der Waals surface area (Å²) in [6.45, 7) is 1.79. The molecule has 0 aliphatic rings. The summed E-state index contributed by atoms with van der Waals surface area (Å²) in [6.07, 6.45) is 0. The minimum Gasteiger partial charge on any atom is -0.372 e. The molecule has 1 atom stereocenters. The maximum absolute atomic E-state index is 13.5. The first-order valence-electron chi connectivity index (χ1n) is 7.50. The van der Waals surface area contributed by atoms with Crippen LogP contribution in [0, 0.1) is 5.82 Å². The first kappa shape index (κ1) is 18.9. The average molecular weight is 365 g/mol. The molecule has 2 aromatic carbocycles. The zero-order valence-electron chi connectivity index (χ0n) is 13.8. The van der Waals surface area contributed by atoms with Crippen molar-refractivity contribution in [3.05, 3.63) is 64.9 Å². The second-order valence-corrected chi connectivity index (χ2v) is 6.00. The molecule has 0 fully saturated rings. The van der Waals surface area contributed by atoms with Gasteiger partial charge in [0.2, 0.25) is 0 Å². The lowest BCUT2D eigenvalue weighted by atomic mass is 9.95. The van der Waals surface area contributed by atoms with Crippen molar-refractivity contribution in [2.45, 2.75) is 12.5 Å². The zero-order valence-corrected chi connectivity index (χ0v) is 14.6. The van der Waals surface area contributed by atoms with Crippen LogP contribution in [-0.2, 0) is 19.9 Å². The lowest BCUT2D eigenvalue weighted by Gasteiger charge is -2.29. The molecule has 2 N–H and O–H groups in total. The summed E-state index contributed by atoms with van der Waals surface area (Å²) < 4.78 is 19.0. The van der Waals surface area contributed by atoms with Crippen LogP contribution in [0.2, 0.25) is 5.02 Å². The van der Waals surface area contributed by atoms with E-state index in [-0.39, 0.29) is 12.2 Å². The maximum atomic E-state index is 13.5. The SMILES string of the molecule is COC(C)(CNC(=O)C(=O)Nc1ccccc1F)c1cccc(Cl)c1. The Bertz CT molecular complexity index is 784. The molecule has 0 saturated heterocycles. The highest BCUT2D eigenvalue weighted by Crippen LogP contribution is 2.26. The molecule has 132 valence electrons. The molecule has 0 bridgehead atoms. The number of rotatable bonds is 5. The van der Waals surface area contributed by atoms with Crippen LogP contribution in [0.25, 0.3) is 0 Å². The highest BCUT2D eigenvalue weighted by Gasteiger charge is 2.28. The summed E-state index contributed by atoms with van der Waals surface area (Å²) in [5, 5.41) is 5.25. The fourth-order valence-electron chi connectivity index (χ4n) is 2.18. The predicted molar refractivity (Wildman–Crippen MR) is 93.9 cm³/mol. The Morgan fingerprint density at radius 2 is 1.88 bits per heavy atom. The highest BCUT2D eigenvalue weighted by atomic mass is 35.5. The number of benzene rings is 2. The summed E-state index contributed by atoms with van der Waals surface area (Å²) in [5.74, 6) is -2.48. The van der Waals surface area contributed by atoms with E-state index in [2.05, 4.69) is 10.6 Å². The number of anilines is 1. The van der Waals surface area contributed by atoms with E-state index < -0.39 is 23.2 Å². The second kappa shape index (κ2) is 8.09. The van der Waals surface area contributed by atoms with Crippen molar-refractivity contribution in [1.82, 2.24) is 5.32 Å². The van der Waals surface area contributed by atoms with Gasteiger partial charge in [0.1, 0.15) is 11.4 Å². The zero-order chi connectivity index (χ0) is 18.4. The van der Waals surface area contributed by atoms with Crippen molar-refractivity contribution >= 4 is 29.1 Å². The van der Waals surface area contributed by atoms with Gasteiger partial charge in [-0.3, -0.25) is 9.59 Å². The molecule has 0 radical (unpaired) electrons. The summed E-state index contributed by atoms with van der Waals surface area (Å²) in [7, 11) is 1.49. The number of amides is 2. The quantitative estimate of drug-likeness (QED) is 0.801. The van der Waals surface area contributed by atoms with Gasteiger partial charge >= 0.3 is 11.8 Å². The Balaban J connectivity index is 2.02. The average Bonchev–Trinajstić information content (AvgIpc) is 2.61. The van der Waals surface area contributed by atoms with Crippen LogP contribution in [0.4, 0.5) is 10.1 Å². The summed E-state index contributed by atoms with van der Waals surface area (Å²) in [4.78, 5) is 23.9. The van der Waals surface area contributed by atoms with E-state index in [4.69, 9.17) is 16.3 Å². The largest absolute Gasteiger partial charge is 0.372 e.